The van der Waals surface area contributed by atoms with E-state index in [4.69, 9.17) is 11.6 Å². The van der Waals surface area contributed by atoms with Gasteiger partial charge in [0.2, 0.25) is 0 Å². The van der Waals surface area contributed by atoms with Crippen molar-refractivity contribution in [2.75, 3.05) is 13.5 Å². The van der Waals surface area contributed by atoms with Crippen molar-refractivity contribution in [3.05, 3.63) is 65.7 Å². The van der Waals surface area contributed by atoms with E-state index in [0.717, 1.165) is 5.56 Å². The van der Waals surface area contributed by atoms with E-state index in [1.54, 1.807) is 55.5 Å². The van der Waals surface area contributed by atoms with E-state index in [1.807, 2.05) is 6.07 Å². The molecule has 2 heteroatoms. The number of para-hydroxylation sites is 1. The smallest absolute Gasteiger partial charge is 0.125 e. The third-order valence-electron chi connectivity index (χ3n) is 2.64. The Labute approximate surface area is 122 Å². The van der Waals surface area contributed by atoms with Crippen LogP contribution in [-0.2, 0) is 0 Å². The summed E-state index contributed by atoms with van der Waals surface area (Å²) in [6.45, 7) is -0.684. The zero-order valence-corrected chi connectivity index (χ0v) is 11.1. The van der Waals surface area contributed by atoms with Crippen LogP contribution in [0.15, 0.2) is 54.6 Å². The Bertz CT molecular complexity index is 692. The van der Waals surface area contributed by atoms with Gasteiger partial charge in [0.15, 0.2) is 0 Å². The van der Waals surface area contributed by atoms with Crippen molar-refractivity contribution in [1.29, 1.82) is 0 Å². The Balaban J connectivity index is 2.61. The van der Waals surface area contributed by atoms with Crippen molar-refractivity contribution in [2.24, 2.45) is 0 Å². The molecule has 2 aromatic rings. The second kappa shape index (κ2) is 6.95. The van der Waals surface area contributed by atoms with Crippen LogP contribution in [0, 0.1) is 6.92 Å². The monoisotopic (exact) mass is 260 g/mol. The maximum Gasteiger partial charge on any atom is 0.125 e. The molecule has 2 aromatic carbocycles. The van der Waals surface area contributed by atoms with E-state index >= 15 is 0 Å². The number of aryl methyl sites for hydroxylation is 1. The van der Waals surface area contributed by atoms with Gasteiger partial charge in [-0.05, 0) is 37.7 Å². The van der Waals surface area contributed by atoms with Gasteiger partial charge < -0.3 is 10.1 Å². The zero-order valence-electron chi connectivity index (χ0n) is 16.1. The number of nitrogens with one attached hydrogen (secondary N) is 1. The molecule has 2 nitrogen and oxygen atoms in total. The molecule has 1 atom stereocenters. The zero-order chi connectivity index (χ0) is 18.0. The SMILES string of the molecule is [2H]C([2H])(NC)C([2H])([2H])[C@@]([2H])(Oc1ccccc1C)c1ccccc1. The van der Waals surface area contributed by atoms with Crippen molar-refractivity contribution < 1.29 is 11.6 Å². The highest BCUT2D eigenvalue weighted by Gasteiger charge is 2.13. The average molecular weight is 260 g/mol. The van der Waals surface area contributed by atoms with Crippen LogP contribution in [0.5, 0.6) is 5.75 Å². The minimum Gasteiger partial charge on any atom is -0.485 e. The standard InChI is InChI=1S/C17H21NO/c1-14-8-6-7-11-16(14)19-17(12-13-18-2)15-9-4-3-5-10-15/h3-11,17-18H,12-13H2,1-2H3/t17-/m1/s1/i12D2,13D2,17D. The maximum absolute atomic E-state index is 8.78. The number of hydrogen-bond donors (Lipinski definition) is 1. The van der Waals surface area contributed by atoms with E-state index in [0.29, 0.717) is 5.75 Å². The number of rotatable bonds is 6. The number of hydrogen-bond acceptors (Lipinski definition) is 2. The molecule has 100 valence electrons. The Hall–Kier alpha value is -1.80. The van der Waals surface area contributed by atoms with E-state index in [2.05, 4.69) is 5.32 Å². The van der Waals surface area contributed by atoms with Gasteiger partial charge in [-0.15, -0.1) is 0 Å². The molecule has 0 aliphatic heterocycles. The van der Waals surface area contributed by atoms with Crippen LogP contribution in [0.1, 0.15) is 30.4 Å². The van der Waals surface area contributed by atoms with Crippen molar-refractivity contribution in [3.63, 3.8) is 0 Å². The van der Waals surface area contributed by atoms with Crippen molar-refractivity contribution in [2.45, 2.75) is 19.4 Å². The van der Waals surface area contributed by atoms with E-state index in [-0.39, 0.29) is 5.56 Å². The van der Waals surface area contributed by atoms with E-state index < -0.39 is 18.9 Å². The van der Waals surface area contributed by atoms with E-state index in [9.17, 15) is 0 Å². The molecule has 0 aliphatic carbocycles. The predicted octanol–water partition coefficient (Wildman–Crippen LogP) is 3.72. The van der Waals surface area contributed by atoms with Crippen LogP contribution >= 0.6 is 0 Å². The normalized spacial score (nSPS) is 19.2. The van der Waals surface area contributed by atoms with Gasteiger partial charge in [0, 0.05) is 11.9 Å². The molecule has 0 aromatic heterocycles. The summed E-state index contributed by atoms with van der Waals surface area (Å²) in [5.74, 6) is 0.340. The highest BCUT2D eigenvalue weighted by atomic mass is 16.5. The molecule has 0 spiro atoms. The van der Waals surface area contributed by atoms with Crippen LogP contribution in [0.25, 0.3) is 0 Å². The summed E-state index contributed by atoms with van der Waals surface area (Å²) in [4.78, 5) is 0. The second-order valence-electron chi connectivity index (χ2n) is 4.06. The lowest BCUT2D eigenvalue weighted by atomic mass is 10.1. The lowest BCUT2D eigenvalue weighted by molar-refractivity contribution is 0.193. The minimum atomic E-state index is -2.68. The lowest BCUT2D eigenvalue weighted by Gasteiger charge is -2.20. The molecule has 0 saturated heterocycles. The quantitative estimate of drug-likeness (QED) is 0.854. The highest BCUT2D eigenvalue weighted by molar-refractivity contribution is 5.33. The summed E-state index contributed by atoms with van der Waals surface area (Å²) in [7, 11) is 1.32. The maximum atomic E-state index is 8.78. The Morgan fingerprint density at radius 2 is 1.84 bits per heavy atom. The molecule has 19 heavy (non-hydrogen) atoms. The molecule has 0 amide bonds. The summed E-state index contributed by atoms with van der Waals surface area (Å²) >= 11 is 0. The summed E-state index contributed by atoms with van der Waals surface area (Å²) in [6, 6.07) is 15.2. The third-order valence-corrected chi connectivity index (χ3v) is 2.64. The van der Waals surface area contributed by atoms with Gasteiger partial charge >= 0.3 is 0 Å². The molecule has 0 bridgehead atoms. The molecule has 1 N–H and O–H groups in total. The molecule has 0 saturated carbocycles. The molecular formula is C17H21NO. The average Bonchev–Trinajstić information content (AvgIpc) is 2.57. The largest absolute Gasteiger partial charge is 0.485 e. The van der Waals surface area contributed by atoms with Crippen LogP contribution in [0.3, 0.4) is 0 Å². The van der Waals surface area contributed by atoms with Gasteiger partial charge in [0.1, 0.15) is 11.8 Å². The fourth-order valence-electron chi connectivity index (χ4n) is 1.65. The highest BCUT2D eigenvalue weighted by Crippen LogP contribution is 2.26. The topological polar surface area (TPSA) is 21.3 Å². The first-order valence-corrected chi connectivity index (χ1v) is 6.15. The Morgan fingerprint density at radius 3 is 2.53 bits per heavy atom. The van der Waals surface area contributed by atoms with Crippen LogP contribution in [0.2, 0.25) is 0 Å². The fourth-order valence-corrected chi connectivity index (χ4v) is 1.65. The lowest BCUT2D eigenvalue weighted by Crippen LogP contribution is -2.16. The van der Waals surface area contributed by atoms with E-state index in [1.165, 1.54) is 7.05 Å². The Kier molecular flexibility index (Phi) is 3.07. The predicted molar refractivity (Wildman–Crippen MR) is 79.5 cm³/mol. The first-order chi connectivity index (χ1) is 11.2. The van der Waals surface area contributed by atoms with Crippen molar-refractivity contribution >= 4 is 0 Å². The third kappa shape index (κ3) is 3.83. The van der Waals surface area contributed by atoms with Crippen LogP contribution in [-0.4, -0.2) is 13.5 Å². The van der Waals surface area contributed by atoms with Gasteiger partial charge in [-0.3, -0.25) is 0 Å². The number of benzene rings is 2. The van der Waals surface area contributed by atoms with Gasteiger partial charge in [-0.25, -0.2) is 0 Å². The van der Waals surface area contributed by atoms with Gasteiger partial charge in [0.05, 0.1) is 1.37 Å². The van der Waals surface area contributed by atoms with Crippen LogP contribution < -0.4 is 10.1 Å². The summed E-state index contributed by atoms with van der Waals surface area (Å²) in [5, 5.41) is 2.32. The Morgan fingerprint density at radius 1 is 1.16 bits per heavy atom. The van der Waals surface area contributed by atoms with Crippen LogP contribution in [0.4, 0.5) is 0 Å². The second-order valence-corrected chi connectivity index (χ2v) is 4.06. The summed E-state index contributed by atoms with van der Waals surface area (Å²) in [6.07, 6.45) is -4.97. The fraction of sp³-hybridized carbons (Fsp3) is 0.294. The first-order valence-electron chi connectivity index (χ1n) is 8.65. The van der Waals surface area contributed by atoms with Gasteiger partial charge in [0.25, 0.3) is 0 Å². The molecular weight excluding hydrogens is 234 g/mol. The molecule has 0 heterocycles. The molecule has 0 radical (unpaired) electrons. The molecule has 0 unspecified atom stereocenters. The molecule has 0 fully saturated rings. The van der Waals surface area contributed by atoms with Gasteiger partial charge in [-0.1, -0.05) is 48.5 Å². The van der Waals surface area contributed by atoms with Gasteiger partial charge in [-0.2, -0.15) is 0 Å². The summed E-state index contributed by atoms with van der Waals surface area (Å²) < 4.78 is 47.2. The minimum absolute atomic E-state index is 0.234. The van der Waals surface area contributed by atoms with Crippen molar-refractivity contribution in [1.82, 2.24) is 5.32 Å². The van der Waals surface area contributed by atoms with Crippen molar-refractivity contribution in [3.8, 4) is 5.75 Å². The first kappa shape index (κ1) is 8.39. The number of ether oxygens (including phenoxy) is 1. The molecule has 2 rings (SSSR count). The molecule has 0 aliphatic rings. The summed E-state index contributed by atoms with van der Waals surface area (Å²) in [5.41, 5.74) is 0.975.